The largest absolute Gasteiger partial charge is 0.326 e. The Bertz CT molecular complexity index is 1100. The number of nitrogens with one attached hydrogen (secondary N) is 1. The molecule has 1 amide bonds. The number of fused-ring (bicyclic) bond motifs is 1. The number of hydrogen-bond acceptors (Lipinski definition) is 2. The fourth-order valence-electron chi connectivity index (χ4n) is 4.79. The quantitative estimate of drug-likeness (QED) is 0.642. The molecule has 0 saturated heterocycles. The Morgan fingerprint density at radius 3 is 2.66 bits per heavy atom. The van der Waals surface area contributed by atoms with Gasteiger partial charge < -0.3 is 5.32 Å². The minimum atomic E-state index is -0.254. The number of amides is 1. The molecule has 1 heterocycles. The number of carbonyl (C=O) groups excluding carboxylic acids is 1. The van der Waals surface area contributed by atoms with Gasteiger partial charge in [0.2, 0.25) is 5.91 Å². The van der Waals surface area contributed by atoms with Crippen molar-refractivity contribution in [2.24, 2.45) is 5.92 Å². The van der Waals surface area contributed by atoms with Gasteiger partial charge in [-0.1, -0.05) is 36.3 Å². The van der Waals surface area contributed by atoms with Gasteiger partial charge >= 0.3 is 0 Å². The Morgan fingerprint density at radius 2 is 1.90 bits per heavy atom. The fraction of sp³-hybridized carbons (Fsp3) is 0.250. The van der Waals surface area contributed by atoms with Crippen molar-refractivity contribution >= 4 is 11.6 Å². The van der Waals surface area contributed by atoms with E-state index in [9.17, 15) is 9.18 Å². The second-order valence-electron chi connectivity index (χ2n) is 7.84. The number of anilines is 1. The van der Waals surface area contributed by atoms with Crippen LogP contribution >= 0.6 is 0 Å². The average molecular weight is 387 g/mol. The van der Waals surface area contributed by atoms with Gasteiger partial charge in [0.1, 0.15) is 5.82 Å². The highest BCUT2D eigenvalue weighted by atomic mass is 19.1. The summed E-state index contributed by atoms with van der Waals surface area (Å²) < 4.78 is 15.2. The maximum atomic E-state index is 13.3. The zero-order valence-electron chi connectivity index (χ0n) is 16.2. The molecule has 0 unspecified atom stereocenters. The number of carbonyl (C=O) groups is 1. The first kappa shape index (κ1) is 17.9. The molecule has 4 nitrogen and oxygen atoms in total. The first-order valence-electron chi connectivity index (χ1n) is 10.0. The second kappa shape index (κ2) is 6.99. The maximum Gasteiger partial charge on any atom is 0.231 e. The van der Waals surface area contributed by atoms with Crippen LogP contribution in [0.1, 0.15) is 36.9 Å². The Kier molecular flexibility index (Phi) is 4.31. The molecular formula is C24H22FN3O. The van der Waals surface area contributed by atoms with E-state index in [1.807, 2.05) is 41.2 Å². The first-order chi connectivity index (χ1) is 14.1. The van der Waals surface area contributed by atoms with Crippen molar-refractivity contribution in [3.8, 4) is 5.69 Å². The van der Waals surface area contributed by atoms with Crippen LogP contribution < -0.4 is 5.32 Å². The highest BCUT2D eigenvalue weighted by Crippen LogP contribution is 2.47. The number of para-hydroxylation sites is 1. The molecule has 0 fully saturated rings. The Morgan fingerprint density at radius 1 is 1.14 bits per heavy atom. The summed E-state index contributed by atoms with van der Waals surface area (Å²) in [6.45, 7) is 2.16. The Balaban J connectivity index is 1.44. The van der Waals surface area contributed by atoms with Crippen LogP contribution in [-0.4, -0.2) is 15.7 Å². The topological polar surface area (TPSA) is 46.9 Å². The molecule has 29 heavy (non-hydrogen) atoms. The minimum Gasteiger partial charge on any atom is -0.326 e. The molecule has 146 valence electrons. The van der Waals surface area contributed by atoms with Gasteiger partial charge in [-0.3, -0.25) is 4.79 Å². The molecule has 0 spiro atoms. The summed E-state index contributed by atoms with van der Waals surface area (Å²) in [6.07, 6.45) is 4.47. The second-order valence-corrected chi connectivity index (χ2v) is 7.84. The highest BCUT2D eigenvalue weighted by Gasteiger charge is 2.39. The van der Waals surface area contributed by atoms with Gasteiger partial charge in [0.15, 0.2) is 0 Å². The van der Waals surface area contributed by atoms with Gasteiger partial charge in [-0.05, 0) is 49.2 Å². The smallest absolute Gasteiger partial charge is 0.231 e. The lowest BCUT2D eigenvalue weighted by molar-refractivity contribution is -0.118. The lowest BCUT2D eigenvalue weighted by atomic mass is 9.79. The normalized spacial score (nSPS) is 20.3. The third-order valence-electron chi connectivity index (χ3n) is 6.16. The molecule has 3 aromatic rings. The van der Waals surface area contributed by atoms with Crippen LogP contribution in [0, 0.1) is 11.7 Å². The third-order valence-corrected chi connectivity index (χ3v) is 6.16. The zero-order valence-corrected chi connectivity index (χ0v) is 16.2. The van der Waals surface area contributed by atoms with E-state index in [-0.39, 0.29) is 23.6 Å². The molecule has 0 bridgehead atoms. The van der Waals surface area contributed by atoms with Crippen molar-refractivity contribution in [1.29, 1.82) is 0 Å². The Labute approximate surface area is 169 Å². The molecule has 1 N–H and O–H groups in total. The van der Waals surface area contributed by atoms with Crippen molar-refractivity contribution in [2.75, 3.05) is 5.32 Å². The van der Waals surface area contributed by atoms with Crippen LogP contribution in [0.2, 0.25) is 0 Å². The molecule has 0 radical (unpaired) electrons. The van der Waals surface area contributed by atoms with Gasteiger partial charge in [-0.15, -0.1) is 0 Å². The SMILES string of the molecule is C[C@@H]1C2=C(CC[C@H]2C(=O)Nc2ccccc2)Cc2c1cnn2-c1ccc(F)cc1. The summed E-state index contributed by atoms with van der Waals surface area (Å²) in [7, 11) is 0. The van der Waals surface area contributed by atoms with Gasteiger partial charge in [0.25, 0.3) is 0 Å². The van der Waals surface area contributed by atoms with E-state index in [0.717, 1.165) is 41.9 Å². The number of halogens is 1. The molecule has 0 aliphatic heterocycles. The number of allylic oxidation sites excluding steroid dienone is 1. The van der Waals surface area contributed by atoms with E-state index in [2.05, 4.69) is 17.3 Å². The van der Waals surface area contributed by atoms with Crippen LogP contribution in [0.15, 0.2) is 71.9 Å². The summed E-state index contributed by atoms with van der Waals surface area (Å²) in [6, 6.07) is 16.0. The Hall–Kier alpha value is -3.21. The van der Waals surface area contributed by atoms with Crippen molar-refractivity contribution in [1.82, 2.24) is 9.78 Å². The van der Waals surface area contributed by atoms with Crippen molar-refractivity contribution in [3.63, 3.8) is 0 Å². The predicted octanol–water partition coefficient (Wildman–Crippen LogP) is 5.02. The van der Waals surface area contributed by atoms with Gasteiger partial charge in [-0.25, -0.2) is 9.07 Å². The summed E-state index contributed by atoms with van der Waals surface area (Å²) in [5.41, 5.74) is 6.60. The number of hydrogen-bond donors (Lipinski definition) is 1. The third kappa shape index (κ3) is 3.07. The number of rotatable bonds is 3. The lowest BCUT2D eigenvalue weighted by Crippen LogP contribution is -2.25. The summed E-state index contributed by atoms with van der Waals surface area (Å²) >= 11 is 0. The predicted molar refractivity (Wildman–Crippen MR) is 110 cm³/mol. The van der Waals surface area contributed by atoms with Crippen molar-refractivity contribution < 1.29 is 9.18 Å². The van der Waals surface area contributed by atoms with Crippen LogP contribution in [0.4, 0.5) is 10.1 Å². The maximum absolute atomic E-state index is 13.3. The van der Waals surface area contributed by atoms with Crippen LogP contribution in [-0.2, 0) is 11.2 Å². The number of benzene rings is 2. The minimum absolute atomic E-state index is 0.0717. The summed E-state index contributed by atoms with van der Waals surface area (Å²) in [4.78, 5) is 13.0. The van der Waals surface area contributed by atoms with Gasteiger partial charge in [0, 0.05) is 23.6 Å². The van der Waals surface area contributed by atoms with Crippen molar-refractivity contribution in [2.45, 2.75) is 32.1 Å². The monoisotopic (exact) mass is 387 g/mol. The summed E-state index contributed by atoms with van der Waals surface area (Å²) in [5, 5.41) is 7.65. The molecule has 2 aliphatic rings. The van der Waals surface area contributed by atoms with E-state index in [4.69, 9.17) is 0 Å². The van der Waals surface area contributed by atoms with Crippen LogP contribution in [0.3, 0.4) is 0 Å². The van der Waals surface area contributed by atoms with Crippen LogP contribution in [0.5, 0.6) is 0 Å². The van der Waals surface area contributed by atoms with Gasteiger partial charge in [-0.2, -0.15) is 5.10 Å². The van der Waals surface area contributed by atoms with Gasteiger partial charge in [0.05, 0.1) is 23.5 Å². The standard InChI is InChI=1S/C24H22FN3O/c1-15-21-14-26-28(19-10-8-17(25)9-11-19)22(21)13-16-7-12-20(23(15)16)24(29)27-18-5-3-2-4-6-18/h2-6,8-11,14-15,20H,7,12-13H2,1H3,(H,27,29)/t15-,20+/m0/s1. The lowest BCUT2D eigenvalue weighted by Gasteiger charge is -2.26. The molecule has 5 rings (SSSR count). The van der Waals surface area contributed by atoms with E-state index < -0.39 is 0 Å². The zero-order chi connectivity index (χ0) is 20.0. The molecular weight excluding hydrogens is 365 g/mol. The molecule has 1 aromatic heterocycles. The van der Waals surface area contributed by atoms with Crippen molar-refractivity contribution in [3.05, 3.63) is 89.0 Å². The number of nitrogens with zero attached hydrogens (tertiary/aromatic N) is 2. The van der Waals surface area contributed by atoms with E-state index in [1.54, 1.807) is 12.1 Å². The first-order valence-corrected chi connectivity index (χ1v) is 10.0. The van der Waals surface area contributed by atoms with E-state index >= 15 is 0 Å². The average Bonchev–Trinajstić information content (AvgIpc) is 3.35. The number of aromatic nitrogens is 2. The van der Waals surface area contributed by atoms with Crippen LogP contribution in [0.25, 0.3) is 5.69 Å². The molecule has 2 aliphatic carbocycles. The van der Waals surface area contributed by atoms with E-state index in [0.29, 0.717) is 0 Å². The molecule has 2 aromatic carbocycles. The summed E-state index contributed by atoms with van der Waals surface area (Å²) in [5.74, 6) is -0.127. The highest BCUT2D eigenvalue weighted by molar-refractivity contribution is 5.95. The molecule has 0 saturated carbocycles. The fourth-order valence-corrected chi connectivity index (χ4v) is 4.79. The molecule has 2 atom stereocenters. The van der Waals surface area contributed by atoms with E-state index in [1.165, 1.54) is 23.3 Å². The molecule has 5 heteroatoms.